The van der Waals surface area contributed by atoms with Crippen molar-refractivity contribution in [2.24, 2.45) is 0 Å². The first-order valence-corrected chi connectivity index (χ1v) is 11.9. The maximum atomic E-state index is 11.6. The van der Waals surface area contributed by atoms with Gasteiger partial charge in [-0.15, -0.1) is 0 Å². The number of carboxylic acids is 1. The molecule has 0 aliphatic heterocycles. The number of carbonyl (C=O) groups is 1. The van der Waals surface area contributed by atoms with Gasteiger partial charge in [-0.25, -0.2) is 9.78 Å². The summed E-state index contributed by atoms with van der Waals surface area (Å²) in [5.74, 6) is 1.66. The van der Waals surface area contributed by atoms with Crippen molar-refractivity contribution in [3.05, 3.63) is 65.0 Å². The summed E-state index contributed by atoms with van der Waals surface area (Å²) < 4.78 is 18.4. The standard InChI is InChI=1S/C28H35NO5/c1-7-12-21-16-23(34-28(5,6)27(30)31)17-22(13-8-2)25(21)32-18(3)24-19(4)33-26(29-24)20-14-10-9-11-15-20/h9-11,14-18H,7-8,12-13H2,1-6H3,(H,30,31). The molecule has 3 rings (SSSR count). The lowest BCUT2D eigenvalue weighted by Gasteiger charge is -2.25. The first-order chi connectivity index (χ1) is 16.2. The smallest absolute Gasteiger partial charge is 0.347 e. The van der Waals surface area contributed by atoms with E-state index in [0.717, 1.165) is 59.6 Å². The molecule has 182 valence electrons. The number of nitrogens with zero attached hydrogens (tertiary/aromatic N) is 1. The zero-order valence-electron chi connectivity index (χ0n) is 21.0. The van der Waals surface area contributed by atoms with Crippen LogP contribution in [0.3, 0.4) is 0 Å². The molecule has 0 fully saturated rings. The molecule has 0 aliphatic carbocycles. The molecule has 34 heavy (non-hydrogen) atoms. The molecule has 1 N–H and O–H groups in total. The lowest BCUT2D eigenvalue weighted by molar-refractivity contribution is -0.152. The highest BCUT2D eigenvalue weighted by Gasteiger charge is 2.30. The molecule has 1 atom stereocenters. The summed E-state index contributed by atoms with van der Waals surface area (Å²) in [6, 6.07) is 13.6. The molecule has 1 aromatic heterocycles. The van der Waals surface area contributed by atoms with Crippen LogP contribution < -0.4 is 9.47 Å². The minimum Gasteiger partial charge on any atom is -0.484 e. The van der Waals surface area contributed by atoms with Gasteiger partial charge in [0.1, 0.15) is 29.1 Å². The average Bonchev–Trinajstić information content (AvgIpc) is 3.18. The van der Waals surface area contributed by atoms with Crippen LogP contribution in [0.2, 0.25) is 0 Å². The largest absolute Gasteiger partial charge is 0.484 e. The van der Waals surface area contributed by atoms with Crippen molar-refractivity contribution in [2.45, 2.75) is 78.9 Å². The number of aryl methyl sites for hydroxylation is 3. The first-order valence-electron chi connectivity index (χ1n) is 11.9. The third kappa shape index (κ3) is 5.79. The number of hydrogen-bond donors (Lipinski definition) is 1. The molecule has 6 heteroatoms. The number of benzene rings is 2. The Balaban J connectivity index is 1.96. The second kappa shape index (κ2) is 10.8. The maximum Gasteiger partial charge on any atom is 0.347 e. The highest BCUT2D eigenvalue weighted by molar-refractivity contribution is 5.76. The Morgan fingerprint density at radius 2 is 1.68 bits per heavy atom. The second-order valence-corrected chi connectivity index (χ2v) is 9.07. The van der Waals surface area contributed by atoms with E-state index in [0.29, 0.717) is 11.6 Å². The Hall–Kier alpha value is -3.28. The van der Waals surface area contributed by atoms with Crippen LogP contribution in [-0.4, -0.2) is 21.7 Å². The van der Waals surface area contributed by atoms with Gasteiger partial charge >= 0.3 is 5.97 Å². The van der Waals surface area contributed by atoms with Crippen LogP contribution in [0.15, 0.2) is 46.9 Å². The quantitative estimate of drug-likeness (QED) is 0.330. The Morgan fingerprint density at radius 3 is 2.21 bits per heavy atom. The first kappa shape index (κ1) is 25.3. The van der Waals surface area contributed by atoms with E-state index < -0.39 is 11.6 Å². The van der Waals surface area contributed by atoms with Crippen LogP contribution in [-0.2, 0) is 17.6 Å². The fourth-order valence-electron chi connectivity index (χ4n) is 3.90. The van der Waals surface area contributed by atoms with Crippen molar-refractivity contribution >= 4 is 5.97 Å². The van der Waals surface area contributed by atoms with E-state index in [1.54, 1.807) is 13.8 Å². The van der Waals surface area contributed by atoms with Gasteiger partial charge in [0.2, 0.25) is 5.89 Å². The van der Waals surface area contributed by atoms with Gasteiger partial charge in [0.05, 0.1) is 0 Å². The van der Waals surface area contributed by atoms with Gasteiger partial charge in [0.15, 0.2) is 5.60 Å². The number of rotatable bonds is 11. The molecule has 1 heterocycles. The fraction of sp³-hybridized carbons (Fsp3) is 0.429. The van der Waals surface area contributed by atoms with E-state index in [2.05, 4.69) is 13.8 Å². The molecular weight excluding hydrogens is 430 g/mol. The minimum absolute atomic E-state index is 0.324. The Kier molecular flexibility index (Phi) is 8.02. The van der Waals surface area contributed by atoms with Gasteiger partial charge < -0.3 is 19.0 Å². The van der Waals surface area contributed by atoms with E-state index in [4.69, 9.17) is 18.9 Å². The highest BCUT2D eigenvalue weighted by atomic mass is 16.5. The Morgan fingerprint density at radius 1 is 1.09 bits per heavy atom. The van der Waals surface area contributed by atoms with Crippen LogP contribution in [0.5, 0.6) is 11.5 Å². The molecule has 1 unspecified atom stereocenters. The summed E-state index contributed by atoms with van der Waals surface area (Å²) in [4.78, 5) is 16.3. The van der Waals surface area contributed by atoms with Gasteiger partial charge in [0.25, 0.3) is 0 Å². The van der Waals surface area contributed by atoms with E-state index in [9.17, 15) is 9.90 Å². The second-order valence-electron chi connectivity index (χ2n) is 9.07. The summed E-state index contributed by atoms with van der Waals surface area (Å²) >= 11 is 0. The van der Waals surface area contributed by atoms with Crippen LogP contribution in [0.25, 0.3) is 11.5 Å². The van der Waals surface area contributed by atoms with Gasteiger partial charge in [-0.2, -0.15) is 0 Å². The fourth-order valence-corrected chi connectivity index (χ4v) is 3.90. The number of carboxylic acid groups (broad SMARTS) is 1. The molecule has 2 aromatic carbocycles. The molecule has 0 spiro atoms. The van der Waals surface area contributed by atoms with Crippen molar-refractivity contribution < 1.29 is 23.8 Å². The summed E-state index contributed by atoms with van der Waals surface area (Å²) in [6.45, 7) is 11.2. The summed E-state index contributed by atoms with van der Waals surface area (Å²) in [7, 11) is 0. The number of oxazole rings is 1. The SMILES string of the molecule is CCCc1cc(OC(C)(C)C(=O)O)cc(CCC)c1OC(C)c1nc(-c2ccccc2)oc1C. The topological polar surface area (TPSA) is 81.8 Å². The zero-order valence-corrected chi connectivity index (χ0v) is 21.0. The number of hydrogen-bond acceptors (Lipinski definition) is 5. The zero-order chi connectivity index (χ0) is 24.9. The van der Waals surface area contributed by atoms with E-state index >= 15 is 0 Å². The predicted octanol–water partition coefficient (Wildman–Crippen LogP) is 6.94. The van der Waals surface area contributed by atoms with E-state index in [-0.39, 0.29) is 6.10 Å². The third-order valence-electron chi connectivity index (χ3n) is 5.68. The third-order valence-corrected chi connectivity index (χ3v) is 5.68. The van der Waals surface area contributed by atoms with Gasteiger partial charge in [-0.3, -0.25) is 0 Å². The summed E-state index contributed by atoms with van der Waals surface area (Å²) in [5, 5.41) is 9.49. The summed E-state index contributed by atoms with van der Waals surface area (Å²) in [5.41, 5.74) is 2.36. The van der Waals surface area contributed by atoms with Crippen molar-refractivity contribution in [3.63, 3.8) is 0 Å². The van der Waals surface area contributed by atoms with Gasteiger partial charge in [-0.05, 0) is 75.9 Å². The lowest BCUT2D eigenvalue weighted by atomic mass is 10.00. The van der Waals surface area contributed by atoms with Crippen LogP contribution in [0, 0.1) is 6.92 Å². The molecule has 0 saturated carbocycles. The molecule has 0 amide bonds. The van der Waals surface area contributed by atoms with Crippen molar-refractivity contribution in [2.75, 3.05) is 0 Å². The normalized spacial score (nSPS) is 12.4. The number of ether oxygens (including phenoxy) is 2. The molecule has 0 radical (unpaired) electrons. The highest BCUT2D eigenvalue weighted by Crippen LogP contribution is 2.37. The van der Waals surface area contributed by atoms with E-state index in [1.165, 1.54) is 0 Å². The average molecular weight is 466 g/mol. The molecule has 0 saturated heterocycles. The lowest BCUT2D eigenvalue weighted by Crippen LogP contribution is -2.37. The Bertz CT molecular complexity index is 1090. The van der Waals surface area contributed by atoms with Crippen LogP contribution in [0.4, 0.5) is 0 Å². The van der Waals surface area contributed by atoms with Crippen LogP contribution >= 0.6 is 0 Å². The number of aliphatic carboxylic acids is 1. The van der Waals surface area contributed by atoms with Crippen molar-refractivity contribution in [3.8, 4) is 23.0 Å². The molecule has 6 nitrogen and oxygen atoms in total. The maximum absolute atomic E-state index is 11.6. The van der Waals surface area contributed by atoms with Gasteiger partial charge in [0, 0.05) is 5.56 Å². The monoisotopic (exact) mass is 465 g/mol. The molecule has 0 aliphatic rings. The van der Waals surface area contributed by atoms with E-state index in [1.807, 2.05) is 56.3 Å². The van der Waals surface area contributed by atoms with Gasteiger partial charge in [-0.1, -0.05) is 44.9 Å². The Labute approximate surface area is 201 Å². The minimum atomic E-state index is -1.33. The van der Waals surface area contributed by atoms with Crippen molar-refractivity contribution in [1.82, 2.24) is 4.98 Å². The molecule has 0 bridgehead atoms. The van der Waals surface area contributed by atoms with Crippen molar-refractivity contribution in [1.29, 1.82) is 0 Å². The predicted molar refractivity (Wildman–Crippen MR) is 132 cm³/mol. The number of aromatic nitrogens is 1. The van der Waals surface area contributed by atoms with Crippen LogP contribution in [0.1, 0.15) is 76.1 Å². The summed E-state index contributed by atoms with van der Waals surface area (Å²) in [6.07, 6.45) is 3.09. The molecule has 3 aromatic rings. The molecular formula is C28H35NO5.